The number of halogens is 1. The van der Waals surface area contributed by atoms with Gasteiger partial charge < -0.3 is 9.15 Å². The van der Waals surface area contributed by atoms with Crippen LogP contribution in [0.4, 0.5) is 0 Å². The normalized spacial score (nSPS) is 10.9. The molecule has 3 nitrogen and oxygen atoms in total. The standard InChI is InChI=1S/C16H14INO2/c1-11-13-7-8-19-15(13)14(9-17)16(18-11)20-10-12-5-3-2-4-6-12/h2-8H,9-10H2,1H3. The molecule has 0 aliphatic carbocycles. The van der Waals surface area contributed by atoms with E-state index in [2.05, 4.69) is 27.6 Å². The van der Waals surface area contributed by atoms with Gasteiger partial charge in [-0.2, -0.15) is 0 Å². The number of aromatic nitrogens is 1. The number of hydrogen-bond donors (Lipinski definition) is 0. The summed E-state index contributed by atoms with van der Waals surface area (Å²) in [6.45, 7) is 2.49. The Labute approximate surface area is 131 Å². The van der Waals surface area contributed by atoms with Crippen molar-refractivity contribution in [1.82, 2.24) is 4.98 Å². The predicted molar refractivity (Wildman–Crippen MR) is 87.2 cm³/mol. The van der Waals surface area contributed by atoms with Crippen LogP contribution in [0.25, 0.3) is 11.0 Å². The second kappa shape index (κ2) is 5.83. The number of aryl methyl sites for hydroxylation is 1. The van der Waals surface area contributed by atoms with E-state index < -0.39 is 0 Å². The van der Waals surface area contributed by atoms with Crippen LogP contribution in [0, 0.1) is 6.92 Å². The van der Waals surface area contributed by atoms with Crippen molar-refractivity contribution in [3.8, 4) is 5.88 Å². The smallest absolute Gasteiger partial charge is 0.221 e. The van der Waals surface area contributed by atoms with Crippen LogP contribution in [0.2, 0.25) is 0 Å². The van der Waals surface area contributed by atoms with Crippen molar-refractivity contribution < 1.29 is 9.15 Å². The van der Waals surface area contributed by atoms with Crippen LogP contribution in [-0.2, 0) is 11.0 Å². The summed E-state index contributed by atoms with van der Waals surface area (Å²) >= 11 is 2.31. The Hall–Kier alpha value is -1.56. The molecule has 0 bridgehead atoms. The molecule has 4 heteroatoms. The number of hydrogen-bond acceptors (Lipinski definition) is 3. The Morgan fingerprint density at radius 2 is 2.00 bits per heavy atom. The number of fused-ring (bicyclic) bond motifs is 1. The molecule has 3 rings (SSSR count). The number of alkyl halides is 1. The third-order valence-electron chi connectivity index (χ3n) is 3.21. The first-order chi connectivity index (χ1) is 9.79. The minimum absolute atomic E-state index is 0.517. The van der Waals surface area contributed by atoms with E-state index in [0.29, 0.717) is 12.5 Å². The van der Waals surface area contributed by atoms with Gasteiger partial charge in [-0.3, -0.25) is 0 Å². The molecule has 0 amide bonds. The molecule has 0 saturated carbocycles. The zero-order valence-corrected chi connectivity index (χ0v) is 13.3. The van der Waals surface area contributed by atoms with Gasteiger partial charge in [-0.25, -0.2) is 4.98 Å². The molecule has 0 spiro atoms. The summed E-state index contributed by atoms with van der Waals surface area (Å²) in [5.74, 6) is 0.670. The number of nitrogens with zero attached hydrogens (tertiary/aromatic N) is 1. The summed E-state index contributed by atoms with van der Waals surface area (Å²) in [6, 6.07) is 12.0. The Morgan fingerprint density at radius 3 is 2.75 bits per heavy atom. The van der Waals surface area contributed by atoms with E-state index in [9.17, 15) is 0 Å². The van der Waals surface area contributed by atoms with Crippen LogP contribution in [0.15, 0.2) is 47.1 Å². The van der Waals surface area contributed by atoms with Gasteiger partial charge in [-0.1, -0.05) is 52.9 Å². The predicted octanol–water partition coefficient (Wildman–Crippen LogP) is 4.65. The Bertz CT molecular complexity index is 722. The fourth-order valence-corrected chi connectivity index (χ4v) is 2.84. The molecule has 0 N–H and O–H groups in total. The molecule has 0 saturated heterocycles. The summed E-state index contributed by atoms with van der Waals surface area (Å²) < 4.78 is 12.3. The fraction of sp³-hybridized carbons (Fsp3) is 0.188. The van der Waals surface area contributed by atoms with Crippen LogP contribution in [-0.4, -0.2) is 4.98 Å². The molecule has 1 aromatic carbocycles. The molecular formula is C16H14INO2. The third-order valence-corrected chi connectivity index (χ3v) is 3.97. The summed E-state index contributed by atoms with van der Waals surface area (Å²) in [6.07, 6.45) is 1.70. The highest BCUT2D eigenvalue weighted by Gasteiger charge is 2.15. The maximum Gasteiger partial charge on any atom is 0.221 e. The van der Waals surface area contributed by atoms with Gasteiger partial charge >= 0.3 is 0 Å². The number of pyridine rings is 1. The average molecular weight is 379 g/mol. The minimum Gasteiger partial charge on any atom is -0.472 e. The van der Waals surface area contributed by atoms with Gasteiger partial charge in [0.15, 0.2) is 0 Å². The summed E-state index contributed by atoms with van der Waals surface area (Å²) in [5.41, 5.74) is 3.97. The second-order valence-corrected chi connectivity index (χ2v) is 5.32. The molecule has 3 aromatic rings. The summed E-state index contributed by atoms with van der Waals surface area (Å²) in [5, 5.41) is 1.06. The molecular weight excluding hydrogens is 365 g/mol. The highest BCUT2D eigenvalue weighted by atomic mass is 127. The van der Waals surface area contributed by atoms with Gasteiger partial charge in [0, 0.05) is 9.81 Å². The zero-order valence-electron chi connectivity index (χ0n) is 11.1. The Morgan fingerprint density at radius 1 is 1.20 bits per heavy atom. The highest BCUT2D eigenvalue weighted by Crippen LogP contribution is 2.31. The van der Waals surface area contributed by atoms with Crippen LogP contribution in [0.1, 0.15) is 16.8 Å². The lowest BCUT2D eigenvalue weighted by atomic mass is 10.2. The molecule has 2 aromatic heterocycles. The van der Waals surface area contributed by atoms with Crippen molar-refractivity contribution in [2.75, 3.05) is 0 Å². The van der Waals surface area contributed by atoms with Gasteiger partial charge in [0.2, 0.25) is 5.88 Å². The fourth-order valence-electron chi connectivity index (χ4n) is 2.17. The second-order valence-electron chi connectivity index (χ2n) is 4.55. The lowest BCUT2D eigenvalue weighted by molar-refractivity contribution is 0.291. The summed E-state index contributed by atoms with van der Waals surface area (Å²) in [4.78, 5) is 4.57. The topological polar surface area (TPSA) is 35.3 Å². The van der Waals surface area contributed by atoms with Crippen molar-refractivity contribution in [3.63, 3.8) is 0 Å². The molecule has 0 aliphatic rings. The van der Waals surface area contributed by atoms with Crippen LogP contribution in [0.3, 0.4) is 0 Å². The molecule has 0 fully saturated rings. The van der Waals surface area contributed by atoms with Crippen molar-refractivity contribution in [2.24, 2.45) is 0 Å². The van der Waals surface area contributed by atoms with Gasteiger partial charge in [0.05, 0.1) is 17.5 Å². The first-order valence-electron chi connectivity index (χ1n) is 6.39. The molecule has 0 atom stereocenters. The van der Waals surface area contributed by atoms with Crippen molar-refractivity contribution in [3.05, 3.63) is 59.5 Å². The van der Waals surface area contributed by atoms with E-state index in [0.717, 1.165) is 32.2 Å². The zero-order chi connectivity index (χ0) is 13.9. The maximum absolute atomic E-state index is 5.90. The number of ether oxygens (including phenoxy) is 1. The molecule has 20 heavy (non-hydrogen) atoms. The van der Waals surface area contributed by atoms with E-state index in [1.54, 1.807) is 6.26 Å². The van der Waals surface area contributed by atoms with Gasteiger partial charge in [-0.15, -0.1) is 0 Å². The number of benzene rings is 1. The highest BCUT2D eigenvalue weighted by molar-refractivity contribution is 14.1. The van der Waals surface area contributed by atoms with Gasteiger partial charge in [0.1, 0.15) is 12.2 Å². The van der Waals surface area contributed by atoms with Gasteiger partial charge in [-0.05, 0) is 18.6 Å². The molecule has 2 heterocycles. The first-order valence-corrected chi connectivity index (χ1v) is 7.91. The largest absolute Gasteiger partial charge is 0.472 e. The average Bonchev–Trinajstić information content (AvgIpc) is 2.96. The van der Waals surface area contributed by atoms with Gasteiger partial charge in [0.25, 0.3) is 0 Å². The molecule has 0 unspecified atom stereocenters. The molecule has 0 aliphatic heterocycles. The summed E-state index contributed by atoms with van der Waals surface area (Å²) in [7, 11) is 0. The quantitative estimate of drug-likeness (QED) is 0.489. The third kappa shape index (κ3) is 2.52. The van der Waals surface area contributed by atoms with E-state index in [1.165, 1.54) is 0 Å². The van der Waals surface area contributed by atoms with Crippen LogP contribution in [0.5, 0.6) is 5.88 Å². The van der Waals surface area contributed by atoms with Crippen LogP contribution >= 0.6 is 22.6 Å². The maximum atomic E-state index is 5.90. The lowest BCUT2D eigenvalue weighted by Gasteiger charge is -2.11. The Balaban J connectivity index is 1.94. The van der Waals surface area contributed by atoms with Crippen LogP contribution < -0.4 is 4.74 Å². The van der Waals surface area contributed by atoms with E-state index in [-0.39, 0.29) is 0 Å². The van der Waals surface area contributed by atoms with Crippen molar-refractivity contribution >= 4 is 33.6 Å². The molecule has 0 radical (unpaired) electrons. The Kier molecular flexibility index (Phi) is 3.91. The number of furan rings is 1. The minimum atomic E-state index is 0.517. The molecule has 102 valence electrons. The lowest BCUT2D eigenvalue weighted by Crippen LogP contribution is -2.01. The SMILES string of the molecule is Cc1nc(OCc2ccccc2)c(CI)c2occc12. The van der Waals surface area contributed by atoms with E-state index in [4.69, 9.17) is 9.15 Å². The van der Waals surface area contributed by atoms with Crippen molar-refractivity contribution in [1.29, 1.82) is 0 Å². The first kappa shape index (κ1) is 13.4. The number of rotatable bonds is 4. The van der Waals surface area contributed by atoms with Crippen molar-refractivity contribution in [2.45, 2.75) is 18.0 Å². The monoisotopic (exact) mass is 379 g/mol. The van der Waals surface area contributed by atoms with E-state index >= 15 is 0 Å². The van der Waals surface area contributed by atoms with E-state index in [1.807, 2.05) is 43.3 Å².